The van der Waals surface area contributed by atoms with Crippen molar-refractivity contribution < 1.29 is 19.4 Å². The van der Waals surface area contributed by atoms with E-state index in [1.807, 2.05) is 54.7 Å². The predicted molar refractivity (Wildman–Crippen MR) is 143 cm³/mol. The molecule has 0 radical (unpaired) electrons. The lowest BCUT2D eigenvalue weighted by Crippen LogP contribution is -2.43. The number of aryl methyl sites for hydroxylation is 1. The molecule has 2 aromatic carbocycles. The Morgan fingerprint density at radius 1 is 0.784 bits per heavy atom. The lowest BCUT2D eigenvalue weighted by Gasteiger charge is -2.28. The lowest BCUT2D eigenvalue weighted by atomic mass is 9.95. The van der Waals surface area contributed by atoms with Crippen LogP contribution in [0.15, 0.2) is 60.9 Å². The number of imide groups is 1. The molecule has 0 bridgehead atoms. The van der Waals surface area contributed by atoms with Gasteiger partial charge in [0.2, 0.25) is 0 Å². The van der Waals surface area contributed by atoms with Gasteiger partial charge in [0, 0.05) is 72.5 Å². The molecule has 2 aromatic heterocycles. The minimum atomic E-state index is -0.289. The van der Waals surface area contributed by atoms with Gasteiger partial charge in [-0.2, -0.15) is 0 Å². The molecule has 37 heavy (non-hydrogen) atoms. The van der Waals surface area contributed by atoms with Gasteiger partial charge >= 0.3 is 0 Å². The Bertz CT molecular complexity index is 1440. The molecule has 2 amide bonds. The smallest absolute Gasteiger partial charge is 0.262 e. The second-order valence-electron chi connectivity index (χ2n) is 9.48. The van der Waals surface area contributed by atoms with E-state index in [2.05, 4.69) is 16.4 Å². The fourth-order valence-electron chi connectivity index (χ4n) is 5.62. The van der Waals surface area contributed by atoms with Crippen LogP contribution in [0.25, 0.3) is 33.0 Å². The average Bonchev–Trinajstić information content (AvgIpc) is 3.57. The van der Waals surface area contributed by atoms with Crippen molar-refractivity contribution in [1.82, 2.24) is 18.9 Å². The predicted octanol–water partition coefficient (Wildman–Crippen LogP) is 3.18. The normalized spacial score (nSPS) is 17.2. The number of benzene rings is 2. The van der Waals surface area contributed by atoms with Gasteiger partial charge in [0.15, 0.2) is 0 Å². The zero-order valence-electron chi connectivity index (χ0n) is 20.9. The zero-order valence-corrected chi connectivity index (χ0v) is 20.9. The lowest BCUT2D eigenvalue weighted by molar-refractivity contribution is -0.136. The van der Waals surface area contributed by atoms with Gasteiger partial charge in [0.25, 0.3) is 11.8 Å². The topological polar surface area (TPSA) is 79.9 Å². The standard InChI is InChI=1S/C29H30N4O4/c1-2-31-17-22(20-7-3-5-9-24(20)31)26-27(23-18-32(19-34)25-10-6-4-8-21(23)25)29(36)33(28(26)35)12-11-30-13-15-37-16-14-30/h3-10,17-18,34H,2,11-16,19H2,1H3. The van der Waals surface area contributed by atoms with Crippen LogP contribution < -0.4 is 0 Å². The van der Waals surface area contributed by atoms with Crippen molar-refractivity contribution in [2.45, 2.75) is 20.2 Å². The monoisotopic (exact) mass is 498 g/mol. The molecule has 1 N–H and O–H groups in total. The number of carbonyl (C=O) groups excluding carboxylic acids is 2. The Hall–Kier alpha value is -3.72. The maximum absolute atomic E-state index is 14.1. The Morgan fingerprint density at radius 3 is 1.89 bits per heavy atom. The van der Waals surface area contributed by atoms with Crippen molar-refractivity contribution in [3.63, 3.8) is 0 Å². The number of aliphatic hydroxyl groups is 1. The van der Waals surface area contributed by atoms with Crippen LogP contribution in [0.5, 0.6) is 0 Å². The number of aromatic nitrogens is 2. The van der Waals surface area contributed by atoms with Crippen molar-refractivity contribution in [3.8, 4) is 0 Å². The molecule has 0 atom stereocenters. The first-order valence-corrected chi connectivity index (χ1v) is 12.8. The number of morpholine rings is 1. The molecule has 6 rings (SSSR count). The Balaban J connectivity index is 1.52. The van der Waals surface area contributed by atoms with E-state index in [-0.39, 0.29) is 18.5 Å². The minimum Gasteiger partial charge on any atom is -0.379 e. The van der Waals surface area contributed by atoms with E-state index in [4.69, 9.17) is 4.74 Å². The molecule has 0 unspecified atom stereocenters. The molecule has 8 heteroatoms. The number of hydrogen-bond donors (Lipinski definition) is 1. The first-order valence-electron chi connectivity index (χ1n) is 12.8. The molecule has 4 heterocycles. The number of aliphatic hydroxyl groups excluding tert-OH is 1. The van der Waals surface area contributed by atoms with E-state index in [1.54, 1.807) is 10.8 Å². The van der Waals surface area contributed by atoms with Gasteiger partial charge in [0.1, 0.15) is 6.73 Å². The van der Waals surface area contributed by atoms with Crippen LogP contribution in [-0.2, 0) is 27.6 Å². The van der Waals surface area contributed by atoms with Crippen molar-refractivity contribution in [2.75, 3.05) is 39.4 Å². The number of hydrogen-bond acceptors (Lipinski definition) is 5. The second kappa shape index (κ2) is 9.63. The number of carbonyl (C=O) groups is 2. The summed E-state index contributed by atoms with van der Waals surface area (Å²) in [5, 5.41) is 11.8. The molecule has 0 aliphatic carbocycles. The van der Waals surface area contributed by atoms with Gasteiger partial charge in [0.05, 0.1) is 29.9 Å². The van der Waals surface area contributed by atoms with Crippen LogP contribution in [0.3, 0.4) is 0 Å². The fraction of sp³-hybridized carbons (Fsp3) is 0.310. The van der Waals surface area contributed by atoms with Gasteiger partial charge < -0.3 is 19.0 Å². The number of para-hydroxylation sites is 2. The summed E-state index contributed by atoms with van der Waals surface area (Å²) >= 11 is 0. The Kier molecular flexibility index (Phi) is 6.16. The highest BCUT2D eigenvalue weighted by atomic mass is 16.5. The summed E-state index contributed by atoms with van der Waals surface area (Å²) in [6, 6.07) is 15.7. The van der Waals surface area contributed by atoms with Crippen molar-refractivity contribution in [2.24, 2.45) is 0 Å². The summed E-state index contributed by atoms with van der Waals surface area (Å²) in [6.07, 6.45) is 3.78. The maximum atomic E-state index is 14.1. The molecule has 0 spiro atoms. The molecular weight excluding hydrogens is 468 g/mol. The van der Waals surface area contributed by atoms with Crippen LogP contribution in [-0.4, -0.2) is 75.2 Å². The summed E-state index contributed by atoms with van der Waals surface area (Å²) in [7, 11) is 0. The van der Waals surface area contributed by atoms with Crippen LogP contribution in [0.2, 0.25) is 0 Å². The first-order chi connectivity index (χ1) is 18.1. The van der Waals surface area contributed by atoms with Crippen LogP contribution in [0.1, 0.15) is 18.1 Å². The molecule has 1 saturated heterocycles. The molecule has 8 nitrogen and oxygen atoms in total. The number of rotatable bonds is 7. The summed E-state index contributed by atoms with van der Waals surface area (Å²) in [5.41, 5.74) is 4.10. The van der Waals surface area contributed by atoms with Crippen LogP contribution >= 0.6 is 0 Å². The number of amides is 2. The van der Waals surface area contributed by atoms with Crippen molar-refractivity contribution in [3.05, 3.63) is 72.1 Å². The highest BCUT2D eigenvalue weighted by Crippen LogP contribution is 2.41. The van der Waals surface area contributed by atoms with Crippen molar-refractivity contribution in [1.29, 1.82) is 0 Å². The van der Waals surface area contributed by atoms with E-state index >= 15 is 0 Å². The van der Waals surface area contributed by atoms with Crippen LogP contribution in [0, 0.1) is 0 Å². The van der Waals surface area contributed by atoms with E-state index in [0.717, 1.165) is 47.0 Å². The molecule has 4 aromatic rings. The van der Waals surface area contributed by atoms with Gasteiger partial charge in [-0.1, -0.05) is 36.4 Å². The van der Waals surface area contributed by atoms with Gasteiger partial charge in [-0.05, 0) is 19.1 Å². The van der Waals surface area contributed by atoms with E-state index < -0.39 is 0 Å². The second-order valence-corrected chi connectivity index (χ2v) is 9.48. The summed E-state index contributed by atoms with van der Waals surface area (Å²) < 4.78 is 9.27. The Morgan fingerprint density at radius 2 is 1.32 bits per heavy atom. The molecule has 2 aliphatic heterocycles. The Labute approximate surface area is 214 Å². The van der Waals surface area contributed by atoms with Crippen molar-refractivity contribution >= 4 is 44.8 Å². The van der Waals surface area contributed by atoms with Crippen LogP contribution in [0.4, 0.5) is 0 Å². The molecule has 190 valence electrons. The third-order valence-corrected chi connectivity index (χ3v) is 7.52. The minimum absolute atomic E-state index is 0.221. The quantitative estimate of drug-likeness (QED) is 0.396. The zero-order chi connectivity index (χ0) is 25.5. The first kappa shape index (κ1) is 23.7. The fourth-order valence-corrected chi connectivity index (χ4v) is 5.62. The summed E-state index contributed by atoms with van der Waals surface area (Å²) in [5.74, 6) is -0.560. The third-order valence-electron chi connectivity index (χ3n) is 7.52. The summed E-state index contributed by atoms with van der Waals surface area (Å²) in [4.78, 5) is 31.7. The molecule has 1 fully saturated rings. The van der Waals surface area contributed by atoms with E-state index in [9.17, 15) is 14.7 Å². The maximum Gasteiger partial charge on any atom is 0.262 e. The third kappa shape index (κ3) is 3.89. The number of nitrogens with zero attached hydrogens (tertiary/aromatic N) is 4. The van der Waals surface area contributed by atoms with Gasteiger partial charge in [-0.25, -0.2) is 0 Å². The van der Waals surface area contributed by atoms with Gasteiger partial charge in [-0.3, -0.25) is 19.4 Å². The SMILES string of the molecule is CCn1cc(C2=C(c3cn(CO)c4ccccc34)C(=O)N(CCN3CCOCC3)C2=O)c2ccccc21. The molecule has 0 saturated carbocycles. The highest BCUT2D eigenvalue weighted by molar-refractivity contribution is 6.50. The molecular formula is C29H30N4O4. The highest BCUT2D eigenvalue weighted by Gasteiger charge is 2.41. The van der Waals surface area contributed by atoms with E-state index in [0.29, 0.717) is 43.0 Å². The number of ether oxygens (including phenoxy) is 1. The van der Waals surface area contributed by atoms with Gasteiger partial charge in [-0.15, -0.1) is 0 Å². The largest absolute Gasteiger partial charge is 0.379 e. The summed E-state index contributed by atoms with van der Waals surface area (Å²) in [6.45, 7) is 6.41. The van der Waals surface area contributed by atoms with E-state index in [1.165, 1.54) is 4.90 Å². The average molecular weight is 499 g/mol. The molecule has 2 aliphatic rings. The number of fused-ring (bicyclic) bond motifs is 2.